The van der Waals surface area contributed by atoms with Gasteiger partial charge in [-0.3, -0.25) is 0 Å². The minimum atomic E-state index is -3.67. The first kappa shape index (κ1) is 13.5. The Labute approximate surface area is 117 Å². The second-order valence-electron chi connectivity index (χ2n) is 3.45. The number of nitrogens with two attached hydrogens (primary N) is 1. The van der Waals surface area contributed by atoms with Crippen molar-refractivity contribution in [1.82, 2.24) is 9.71 Å². The molecule has 2 rings (SSSR count). The number of hydrogen-bond donors (Lipinski definition) is 2. The van der Waals surface area contributed by atoms with Gasteiger partial charge in [-0.05, 0) is 34.1 Å². The standard InChI is InChI=1S/C10H10BrN3O2S2/c11-7-4-8(17-6-7)5-14-18(15,16)10-9(12)2-1-3-13-10/h1-4,6,14H,5,12H2. The summed E-state index contributed by atoms with van der Waals surface area (Å²) in [7, 11) is -3.67. The average Bonchev–Trinajstić information content (AvgIpc) is 2.73. The highest BCUT2D eigenvalue weighted by molar-refractivity contribution is 9.10. The van der Waals surface area contributed by atoms with E-state index in [1.807, 2.05) is 11.4 Å². The van der Waals surface area contributed by atoms with E-state index in [9.17, 15) is 8.42 Å². The second kappa shape index (κ2) is 5.35. The number of anilines is 1. The summed E-state index contributed by atoms with van der Waals surface area (Å²) < 4.78 is 27.3. The number of rotatable bonds is 4. The van der Waals surface area contributed by atoms with Crippen LogP contribution in [0.3, 0.4) is 0 Å². The van der Waals surface area contributed by atoms with Crippen LogP contribution in [-0.4, -0.2) is 13.4 Å². The van der Waals surface area contributed by atoms with Gasteiger partial charge < -0.3 is 5.73 Å². The van der Waals surface area contributed by atoms with E-state index in [0.717, 1.165) is 9.35 Å². The lowest BCUT2D eigenvalue weighted by Crippen LogP contribution is -2.24. The fourth-order valence-corrected chi connectivity index (χ4v) is 3.85. The SMILES string of the molecule is Nc1cccnc1S(=O)(=O)NCc1cc(Br)cs1. The van der Waals surface area contributed by atoms with E-state index in [4.69, 9.17) is 5.73 Å². The van der Waals surface area contributed by atoms with E-state index >= 15 is 0 Å². The van der Waals surface area contributed by atoms with Crippen LogP contribution in [0.1, 0.15) is 4.88 Å². The third-order valence-electron chi connectivity index (χ3n) is 2.11. The monoisotopic (exact) mass is 347 g/mol. The van der Waals surface area contributed by atoms with Crippen molar-refractivity contribution in [2.45, 2.75) is 11.6 Å². The van der Waals surface area contributed by atoms with Crippen molar-refractivity contribution in [3.63, 3.8) is 0 Å². The van der Waals surface area contributed by atoms with Crippen molar-refractivity contribution in [3.05, 3.63) is 39.1 Å². The van der Waals surface area contributed by atoms with Crippen LogP contribution in [0, 0.1) is 0 Å². The van der Waals surface area contributed by atoms with Crippen LogP contribution in [0.25, 0.3) is 0 Å². The molecule has 0 aliphatic carbocycles. The normalized spacial score (nSPS) is 11.6. The Hall–Kier alpha value is -0.960. The van der Waals surface area contributed by atoms with Gasteiger partial charge in [0.15, 0.2) is 5.03 Å². The number of nitrogens with zero attached hydrogens (tertiary/aromatic N) is 1. The van der Waals surface area contributed by atoms with Crippen LogP contribution < -0.4 is 10.5 Å². The van der Waals surface area contributed by atoms with E-state index in [0.29, 0.717) is 0 Å². The van der Waals surface area contributed by atoms with Gasteiger partial charge in [0.05, 0.1) is 5.69 Å². The van der Waals surface area contributed by atoms with Crippen molar-refractivity contribution in [2.24, 2.45) is 0 Å². The Balaban J connectivity index is 2.16. The van der Waals surface area contributed by atoms with Gasteiger partial charge in [0.1, 0.15) is 0 Å². The lowest BCUT2D eigenvalue weighted by molar-refractivity contribution is 0.578. The van der Waals surface area contributed by atoms with E-state index in [-0.39, 0.29) is 17.3 Å². The number of halogens is 1. The molecule has 0 atom stereocenters. The Kier molecular flexibility index (Phi) is 4.00. The van der Waals surface area contributed by atoms with Crippen LogP contribution in [0.5, 0.6) is 0 Å². The van der Waals surface area contributed by atoms with Gasteiger partial charge in [0.2, 0.25) is 0 Å². The highest BCUT2D eigenvalue weighted by Crippen LogP contribution is 2.20. The molecule has 0 spiro atoms. The molecule has 2 aromatic heterocycles. The lowest BCUT2D eigenvalue weighted by Gasteiger charge is -2.06. The molecule has 2 heterocycles. The quantitative estimate of drug-likeness (QED) is 0.885. The maximum Gasteiger partial charge on any atom is 0.260 e. The third kappa shape index (κ3) is 3.08. The number of nitrogen functional groups attached to an aromatic ring is 1. The zero-order valence-electron chi connectivity index (χ0n) is 9.13. The summed E-state index contributed by atoms with van der Waals surface area (Å²) in [5.41, 5.74) is 5.73. The highest BCUT2D eigenvalue weighted by Gasteiger charge is 2.18. The molecule has 8 heteroatoms. The van der Waals surface area contributed by atoms with Gasteiger partial charge in [-0.2, -0.15) is 0 Å². The molecule has 0 amide bonds. The predicted octanol–water partition coefficient (Wildman–Crippen LogP) is 1.97. The summed E-state index contributed by atoms with van der Waals surface area (Å²) >= 11 is 4.77. The summed E-state index contributed by atoms with van der Waals surface area (Å²) in [6.07, 6.45) is 1.40. The van der Waals surface area contributed by atoms with Crippen molar-refractivity contribution >= 4 is 43.0 Å². The molecule has 0 aliphatic rings. The first-order valence-electron chi connectivity index (χ1n) is 4.92. The van der Waals surface area contributed by atoms with Crippen LogP contribution in [0.4, 0.5) is 5.69 Å². The molecular formula is C10H10BrN3O2S2. The fourth-order valence-electron chi connectivity index (χ4n) is 1.31. The summed E-state index contributed by atoms with van der Waals surface area (Å²) in [4.78, 5) is 4.69. The first-order valence-corrected chi connectivity index (χ1v) is 8.08. The molecular weight excluding hydrogens is 338 g/mol. The molecule has 18 heavy (non-hydrogen) atoms. The summed E-state index contributed by atoms with van der Waals surface area (Å²) in [5.74, 6) is 0. The smallest absolute Gasteiger partial charge is 0.260 e. The lowest BCUT2D eigenvalue weighted by atomic mass is 10.4. The van der Waals surface area contributed by atoms with Crippen LogP contribution in [0.15, 0.2) is 39.3 Å². The number of pyridine rings is 1. The molecule has 0 saturated carbocycles. The minimum Gasteiger partial charge on any atom is -0.396 e. The van der Waals surface area contributed by atoms with Crippen LogP contribution >= 0.6 is 27.3 Å². The number of hydrogen-bond acceptors (Lipinski definition) is 5. The largest absolute Gasteiger partial charge is 0.396 e. The molecule has 0 saturated heterocycles. The molecule has 0 unspecified atom stereocenters. The number of aromatic nitrogens is 1. The van der Waals surface area contributed by atoms with Gasteiger partial charge in [-0.25, -0.2) is 18.1 Å². The Bertz CT molecular complexity index is 655. The summed E-state index contributed by atoms with van der Waals surface area (Å²) in [6, 6.07) is 4.95. The molecule has 0 aromatic carbocycles. The zero-order valence-corrected chi connectivity index (χ0v) is 12.3. The molecule has 0 bridgehead atoms. The molecule has 96 valence electrons. The third-order valence-corrected chi connectivity index (χ3v) is 5.19. The van der Waals surface area contributed by atoms with Gasteiger partial charge in [0, 0.05) is 27.5 Å². The van der Waals surface area contributed by atoms with Gasteiger partial charge in [-0.15, -0.1) is 11.3 Å². The Morgan fingerprint density at radius 1 is 1.50 bits per heavy atom. The molecule has 0 radical (unpaired) electrons. The number of nitrogens with one attached hydrogen (secondary N) is 1. The highest BCUT2D eigenvalue weighted by atomic mass is 79.9. The Morgan fingerprint density at radius 2 is 2.28 bits per heavy atom. The molecule has 5 nitrogen and oxygen atoms in total. The van der Waals surface area contributed by atoms with Gasteiger partial charge >= 0.3 is 0 Å². The summed E-state index contributed by atoms with van der Waals surface area (Å²) in [6.45, 7) is 0.217. The van der Waals surface area contributed by atoms with Gasteiger partial charge in [0.25, 0.3) is 10.0 Å². The molecule has 0 aliphatic heterocycles. The van der Waals surface area contributed by atoms with E-state index in [1.165, 1.54) is 23.6 Å². The zero-order chi connectivity index (χ0) is 13.2. The topological polar surface area (TPSA) is 85.1 Å². The van der Waals surface area contributed by atoms with Crippen molar-refractivity contribution in [3.8, 4) is 0 Å². The van der Waals surface area contributed by atoms with Crippen molar-refractivity contribution in [1.29, 1.82) is 0 Å². The number of thiophene rings is 1. The predicted molar refractivity (Wildman–Crippen MR) is 74.7 cm³/mol. The molecule has 3 N–H and O–H groups in total. The maximum atomic E-state index is 12.0. The van der Waals surface area contributed by atoms with E-state index in [2.05, 4.69) is 25.6 Å². The maximum absolute atomic E-state index is 12.0. The second-order valence-corrected chi connectivity index (χ2v) is 7.05. The first-order chi connectivity index (χ1) is 8.49. The van der Waals surface area contributed by atoms with Crippen molar-refractivity contribution in [2.75, 3.05) is 5.73 Å². The minimum absolute atomic E-state index is 0.136. The molecule has 0 fully saturated rings. The van der Waals surface area contributed by atoms with Crippen LogP contribution in [-0.2, 0) is 16.6 Å². The van der Waals surface area contributed by atoms with Gasteiger partial charge in [-0.1, -0.05) is 0 Å². The summed E-state index contributed by atoms with van der Waals surface area (Å²) in [5, 5.41) is 1.75. The molecule has 2 aromatic rings. The average molecular weight is 348 g/mol. The Morgan fingerprint density at radius 3 is 2.89 bits per heavy atom. The fraction of sp³-hybridized carbons (Fsp3) is 0.100. The van der Waals surface area contributed by atoms with E-state index in [1.54, 1.807) is 6.07 Å². The number of sulfonamides is 1. The van der Waals surface area contributed by atoms with E-state index < -0.39 is 10.0 Å². The van der Waals surface area contributed by atoms with Crippen LogP contribution in [0.2, 0.25) is 0 Å². The van der Waals surface area contributed by atoms with Crippen molar-refractivity contribution < 1.29 is 8.42 Å².